The Labute approximate surface area is 128 Å². The van der Waals surface area contributed by atoms with Crippen LogP contribution < -0.4 is 0 Å². The molecular weight excluding hydrogens is 283 g/mol. The minimum absolute atomic E-state index is 0.0144. The van der Waals surface area contributed by atoms with Gasteiger partial charge in [0.2, 0.25) is 0 Å². The van der Waals surface area contributed by atoms with Crippen LogP contribution in [0.5, 0.6) is 0 Å². The molecule has 116 valence electrons. The summed E-state index contributed by atoms with van der Waals surface area (Å²) in [5, 5.41) is 3.90. The van der Waals surface area contributed by atoms with Gasteiger partial charge in [-0.05, 0) is 37.0 Å². The summed E-state index contributed by atoms with van der Waals surface area (Å²) in [5.41, 5.74) is 1.32. The van der Waals surface area contributed by atoms with Crippen LogP contribution in [-0.4, -0.2) is 22.5 Å². The van der Waals surface area contributed by atoms with E-state index in [0.717, 1.165) is 37.0 Å². The molecule has 1 aromatic heterocycles. The van der Waals surface area contributed by atoms with Gasteiger partial charge in [0.05, 0.1) is 6.04 Å². The van der Waals surface area contributed by atoms with E-state index in [0.29, 0.717) is 12.2 Å². The fourth-order valence-corrected chi connectivity index (χ4v) is 2.97. The third-order valence-electron chi connectivity index (χ3n) is 4.04. The van der Waals surface area contributed by atoms with Gasteiger partial charge < -0.3 is 9.42 Å². The molecular formula is C17H19FN2O2. The van der Waals surface area contributed by atoms with E-state index in [1.807, 2.05) is 0 Å². The average Bonchev–Trinajstić information content (AvgIpc) is 3.17. The number of hydrogen-bond acceptors (Lipinski definition) is 3. The molecule has 1 fully saturated rings. The van der Waals surface area contributed by atoms with E-state index < -0.39 is 0 Å². The highest BCUT2D eigenvalue weighted by molar-refractivity contribution is 5.92. The molecule has 1 atom stereocenters. The number of carbonyl (C=O) groups is 1. The van der Waals surface area contributed by atoms with Gasteiger partial charge >= 0.3 is 0 Å². The van der Waals surface area contributed by atoms with Crippen molar-refractivity contribution in [3.05, 3.63) is 53.2 Å². The van der Waals surface area contributed by atoms with E-state index in [9.17, 15) is 9.18 Å². The molecule has 2 aromatic rings. The first-order chi connectivity index (χ1) is 10.7. The summed E-state index contributed by atoms with van der Waals surface area (Å²) in [6.07, 6.45) is 3.55. The van der Waals surface area contributed by atoms with Gasteiger partial charge in [-0.2, -0.15) is 0 Å². The Balaban J connectivity index is 1.79. The minimum Gasteiger partial charge on any atom is -0.361 e. The molecule has 1 aliphatic heterocycles. The largest absolute Gasteiger partial charge is 0.361 e. The number of carbonyl (C=O) groups excluding carboxylic acids is 1. The predicted octanol–water partition coefficient (Wildman–Crippen LogP) is 3.74. The van der Waals surface area contributed by atoms with Gasteiger partial charge in [0, 0.05) is 19.0 Å². The monoisotopic (exact) mass is 302 g/mol. The maximum absolute atomic E-state index is 13.1. The highest BCUT2D eigenvalue weighted by Gasteiger charge is 2.32. The fraction of sp³-hybridized carbons (Fsp3) is 0.412. The Kier molecular flexibility index (Phi) is 4.22. The van der Waals surface area contributed by atoms with Crippen LogP contribution >= 0.6 is 0 Å². The van der Waals surface area contributed by atoms with E-state index in [1.165, 1.54) is 12.1 Å². The van der Waals surface area contributed by atoms with Crippen LogP contribution in [-0.2, 0) is 6.42 Å². The first-order valence-corrected chi connectivity index (χ1v) is 7.71. The van der Waals surface area contributed by atoms with E-state index in [1.54, 1.807) is 23.1 Å². The number of aromatic nitrogens is 1. The minimum atomic E-state index is -0.264. The Hall–Kier alpha value is -2.17. The number of halogens is 1. The Morgan fingerprint density at radius 2 is 2.18 bits per heavy atom. The molecule has 0 aliphatic carbocycles. The van der Waals surface area contributed by atoms with Crippen molar-refractivity contribution in [1.29, 1.82) is 0 Å². The standard InChI is InChI=1S/C17H19FN2O2/c1-2-4-14-11-15(19-22-14)17(21)20-10-3-5-16(20)12-6-8-13(18)9-7-12/h6-9,11,16H,2-5,10H2,1H3/t16-/m1/s1. The second-order valence-corrected chi connectivity index (χ2v) is 5.64. The Morgan fingerprint density at radius 1 is 1.41 bits per heavy atom. The lowest BCUT2D eigenvalue weighted by Gasteiger charge is -2.24. The highest BCUT2D eigenvalue weighted by atomic mass is 19.1. The molecule has 0 unspecified atom stereocenters. The van der Waals surface area contributed by atoms with Crippen LogP contribution in [0.1, 0.15) is 54.0 Å². The first-order valence-electron chi connectivity index (χ1n) is 7.71. The number of rotatable bonds is 4. The van der Waals surface area contributed by atoms with Crippen LogP contribution in [0.25, 0.3) is 0 Å². The van der Waals surface area contributed by atoms with Gasteiger partial charge in [0.25, 0.3) is 5.91 Å². The second kappa shape index (κ2) is 6.30. The van der Waals surface area contributed by atoms with Crippen molar-refractivity contribution in [1.82, 2.24) is 10.1 Å². The predicted molar refractivity (Wildman–Crippen MR) is 79.9 cm³/mol. The van der Waals surface area contributed by atoms with Crippen molar-refractivity contribution in [2.24, 2.45) is 0 Å². The zero-order chi connectivity index (χ0) is 15.5. The quantitative estimate of drug-likeness (QED) is 0.864. The lowest BCUT2D eigenvalue weighted by Crippen LogP contribution is -2.30. The highest BCUT2D eigenvalue weighted by Crippen LogP contribution is 2.33. The summed E-state index contributed by atoms with van der Waals surface area (Å²) in [6, 6.07) is 8.08. The first kappa shape index (κ1) is 14.8. The summed E-state index contributed by atoms with van der Waals surface area (Å²) in [4.78, 5) is 14.5. The fourth-order valence-electron chi connectivity index (χ4n) is 2.97. The smallest absolute Gasteiger partial charge is 0.276 e. The molecule has 0 N–H and O–H groups in total. The van der Waals surface area contributed by atoms with E-state index in [-0.39, 0.29) is 17.8 Å². The number of nitrogens with zero attached hydrogens (tertiary/aromatic N) is 2. The van der Waals surface area contributed by atoms with Crippen molar-refractivity contribution in [3.63, 3.8) is 0 Å². The van der Waals surface area contributed by atoms with Gasteiger partial charge in [0.1, 0.15) is 11.6 Å². The van der Waals surface area contributed by atoms with Gasteiger partial charge in [-0.3, -0.25) is 4.79 Å². The molecule has 1 aliphatic rings. The molecule has 0 saturated carbocycles. The lowest BCUT2D eigenvalue weighted by molar-refractivity contribution is 0.0725. The Morgan fingerprint density at radius 3 is 2.91 bits per heavy atom. The van der Waals surface area contributed by atoms with E-state index in [4.69, 9.17) is 4.52 Å². The molecule has 2 heterocycles. The molecule has 5 heteroatoms. The van der Waals surface area contributed by atoms with Gasteiger partial charge in [-0.1, -0.05) is 24.2 Å². The van der Waals surface area contributed by atoms with Crippen LogP contribution in [0, 0.1) is 5.82 Å². The summed E-state index contributed by atoms with van der Waals surface area (Å²) in [6.45, 7) is 2.74. The van der Waals surface area contributed by atoms with Gasteiger partial charge in [0.15, 0.2) is 5.69 Å². The zero-order valence-corrected chi connectivity index (χ0v) is 12.6. The Bertz CT molecular complexity index is 651. The second-order valence-electron chi connectivity index (χ2n) is 5.64. The third kappa shape index (κ3) is 2.89. The molecule has 1 saturated heterocycles. The zero-order valence-electron chi connectivity index (χ0n) is 12.6. The average molecular weight is 302 g/mol. The summed E-state index contributed by atoms with van der Waals surface area (Å²) < 4.78 is 18.3. The van der Waals surface area contributed by atoms with Crippen LogP contribution in [0.15, 0.2) is 34.9 Å². The van der Waals surface area contributed by atoms with Gasteiger partial charge in [-0.15, -0.1) is 0 Å². The molecule has 22 heavy (non-hydrogen) atoms. The number of aryl methyl sites for hydroxylation is 1. The molecule has 0 spiro atoms. The van der Waals surface area contributed by atoms with Crippen LogP contribution in [0.4, 0.5) is 4.39 Å². The van der Waals surface area contributed by atoms with Crippen molar-refractivity contribution in [2.75, 3.05) is 6.54 Å². The van der Waals surface area contributed by atoms with Gasteiger partial charge in [-0.25, -0.2) is 4.39 Å². The molecule has 1 amide bonds. The van der Waals surface area contributed by atoms with E-state index >= 15 is 0 Å². The van der Waals surface area contributed by atoms with Crippen molar-refractivity contribution < 1.29 is 13.7 Å². The number of amides is 1. The molecule has 1 aromatic carbocycles. The lowest BCUT2D eigenvalue weighted by atomic mass is 10.0. The van der Waals surface area contributed by atoms with Crippen LogP contribution in [0.3, 0.4) is 0 Å². The van der Waals surface area contributed by atoms with E-state index in [2.05, 4.69) is 12.1 Å². The maximum atomic E-state index is 13.1. The number of hydrogen-bond donors (Lipinski definition) is 0. The summed E-state index contributed by atoms with van der Waals surface area (Å²) in [7, 11) is 0. The van der Waals surface area contributed by atoms with Crippen molar-refractivity contribution >= 4 is 5.91 Å². The molecule has 4 nitrogen and oxygen atoms in total. The topological polar surface area (TPSA) is 46.3 Å². The third-order valence-corrected chi connectivity index (χ3v) is 4.04. The van der Waals surface area contributed by atoms with Crippen LogP contribution in [0.2, 0.25) is 0 Å². The molecule has 3 rings (SSSR count). The summed E-state index contributed by atoms with van der Waals surface area (Å²) >= 11 is 0. The van der Waals surface area contributed by atoms with Crippen molar-refractivity contribution in [2.45, 2.75) is 38.6 Å². The van der Waals surface area contributed by atoms with Crippen molar-refractivity contribution in [3.8, 4) is 0 Å². The summed E-state index contributed by atoms with van der Waals surface area (Å²) in [5.74, 6) is 0.363. The normalized spacial score (nSPS) is 17.9. The molecule has 0 bridgehead atoms. The maximum Gasteiger partial charge on any atom is 0.276 e. The number of likely N-dealkylation sites (tertiary alicyclic amines) is 1. The molecule has 0 radical (unpaired) electrons. The SMILES string of the molecule is CCCc1cc(C(=O)N2CCC[C@@H]2c2ccc(F)cc2)no1. The number of benzene rings is 1.